The Kier molecular flexibility index (Phi) is 5.35. The molecule has 1 unspecified atom stereocenters. The van der Waals surface area contributed by atoms with Crippen molar-refractivity contribution in [3.63, 3.8) is 0 Å². The van der Waals surface area contributed by atoms with Crippen LogP contribution in [0.5, 0.6) is 17.2 Å². The summed E-state index contributed by atoms with van der Waals surface area (Å²) in [5.41, 5.74) is 2.17. The summed E-state index contributed by atoms with van der Waals surface area (Å²) in [6.07, 6.45) is 3.45. The molecule has 0 saturated heterocycles. The van der Waals surface area contributed by atoms with E-state index in [0.717, 1.165) is 16.8 Å². The van der Waals surface area contributed by atoms with Crippen molar-refractivity contribution in [1.82, 2.24) is 0 Å². The molecule has 142 valence electrons. The first-order valence-corrected chi connectivity index (χ1v) is 8.72. The van der Waals surface area contributed by atoms with Gasteiger partial charge in [-0.05, 0) is 42.2 Å². The van der Waals surface area contributed by atoms with E-state index in [-0.39, 0.29) is 17.5 Å². The van der Waals surface area contributed by atoms with E-state index in [1.165, 1.54) is 21.3 Å². The van der Waals surface area contributed by atoms with Crippen LogP contribution in [0.15, 0.2) is 41.4 Å². The number of phenolic OH excluding ortho intramolecular Hbond substituents is 1. The average molecular weight is 369 g/mol. The Morgan fingerprint density at radius 2 is 1.93 bits per heavy atom. The van der Waals surface area contributed by atoms with E-state index in [1.807, 2.05) is 36.5 Å². The highest BCUT2D eigenvalue weighted by Crippen LogP contribution is 2.48. The number of para-hydroxylation sites is 1. The quantitative estimate of drug-likeness (QED) is 0.752. The van der Waals surface area contributed by atoms with Crippen molar-refractivity contribution in [3.05, 3.63) is 47.5 Å². The van der Waals surface area contributed by atoms with Gasteiger partial charge in [-0.3, -0.25) is 9.79 Å². The summed E-state index contributed by atoms with van der Waals surface area (Å²) in [6.45, 7) is 0. The van der Waals surface area contributed by atoms with Crippen molar-refractivity contribution in [2.45, 2.75) is 24.7 Å². The van der Waals surface area contributed by atoms with Crippen molar-refractivity contribution < 1.29 is 24.1 Å². The number of benzene rings is 2. The van der Waals surface area contributed by atoms with E-state index in [1.54, 1.807) is 6.07 Å². The topological polar surface area (TPSA) is 77.4 Å². The number of nitrogens with zero attached hydrogens (tertiary/aromatic N) is 1. The van der Waals surface area contributed by atoms with E-state index in [9.17, 15) is 9.90 Å². The zero-order valence-corrected chi connectivity index (χ0v) is 15.7. The summed E-state index contributed by atoms with van der Waals surface area (Å²) in [5, 5.41) is 10.5. The highest BCUT2D eigenvalue weighted by molar-refractivity contribution is 5.89. The normalized spacial score (nSPS) is 17.4. The Bertz CT molecular complexity index is 877. The molecule has 2 aromatic carbocycles. The molecule has 1 heterocycles. The third-order valence-electron chi connectivity index (χ3n) is 4.96. The molecular formula is C21H23NO5. The maximum atomic E-state index is 11.6. The zero-order chi connectivity index (χ0) is 19.4. The molecule has 0 spiro atoms. The largest absolute Gasteiger partial charge is 0.504 e. The number of carbonyl (C=O) groups excluding carboxylic acids is 1. The summed E-state index contributed by atoms with van der Waals surface area (Å²) in [6, 6.07) is 11.4. The molecule has 2 aromatic rings. The van der Waals surface area contributed by atoms with E-state index < -0.39 is 5.41 Å². The lowest BCUT2D eigenvalue weighted by molar-refractivity contribution is -0.140. The molecule has 1 N–H and O–H groups in total. The van der Waals surface area contributed by atoms with Gasteiger partial charge in [0.05, 0.1) is 32.4 Å². The first-order valence-electron chi connectivity index (χ1n) is 8.72. The molecule has 0 aromatic heterocycles. The summed E-state index contributed by atoms with van der Waals surface area (Å²) in [7, 11) is 4.40. The predicted molar refractivity (Wildman–Crippen MR) is 102 cm³/mol. The van der Waals surface area contributed by atoms with Gasteiger partial charge in [0.1, 0.15) is 0 Å². The van der Waals surface area contributed by atoms with E-state index in [2.05, 4.69) is 4.99 Å². The standard InChI is InChI=1S/C21H23NO5/c1-25-18-12-14(11-17(23)20(18)27-3)21(10-6-9-19(24)26-2)13-22-16-8-5-4-7-15(16)21/h4-5,7-8,11-13,23H,6,9-10H2,1-3H3. The third kappa shape index (κ3) is 3.35. The smallest absolute Gasteiger partial charge is 0.305 e. The minimum absolute atomic E-state index is 0.00280. The van der Waals surface area contributed by atoms with Crippen LogP contribution in [-0.2, 0) is 14.9 Å². The molecule has 1 atom stereocenters. The van der Waals surface area contributed by atoms with Gasteiger partial charge in [0.15, 0.2) is 11.5 Å². The highest BCUT2D eigenvalue weighted by Gasteiger charge is 2.39. The molecule has 0 saturated carbocycles. The van der Waals surface area contributed by atoms with Crippen LogP contribution in [0.4, 0.5) is 5.69 Å². The Hall–Kier alpha value is -3.02. The fourth-order valence-corrected chi connectivity index (χ4v) is 3.60. The van der Waals surface area contributed by atoms with Crippen molar-refractivity contribution >= 4 is 17.9 Å². The van der Waals surface area contributed by atoms with Crippen LogP contribution < -0.4 is 9.47 Å². The molecule has 27 heavy (non-hydrogen) atoms. The number of rotatable bonds is 7. The summed E-state index contributed by atoms with van der Waals surface area (Å²) >= 11 is 0. The van der Waals surface area contributed by atoms with Gasteiger partial charge >= 0.3 is 5.97 Å². The van der Waals surface area contributed by atoms with E-state index in [4.69, 9.17) is 14.2 Å². The SMILES string of the molecule is COC(=O)CCCC1(c2cc(O)c(OC)c(OC)c2)C=Nc2ccccc21. The number of ether oxygens (including phenoxy) is 3. The number of aromatic hydroxyl groups is 1. The Morgan fingerprint density at radius 1 is 1.15 bits per heavy atom. The number of aliphatic imine (C=N–C) groups is 1. The number of hydrogen-bond acceptors (Lipinski definition) is 6. The minimum atomic E-state index is -0.568. The molecule has 3 rings (SSSR count). The predicted octanol–water partition coefficient (Wildman–Crippen LogP) is 3.75. The van der Waals surface area contributed by atoms with Gasteiger partial charge in [0, 0.05) is 12.6 Å². The van der Waals surface area contributed by atoms with Crippen molar-refractivity contribution in [1.29, 1.82) is 0 Å². The number of esters is 1. The number of methoxy groups -OCH3 is 3. The second kappa shape index (κ2) is 7.70. The van der Waals surface area contributed by atoms with Crippen LogP contribution in [0.1, 0.15) is 30.4 Å². The number of hydrogen-bond donors (Lipinski definition) is 1. The van der Waals surface area contributed by atoms with E-state index in [0.29, 0.717) is 25.0 Å². The van der Waals surface area contributed by atoms with Crippen molar-refractivity contribution in [3.8, 4) is 17.2 Å². The van der Waals surface area contributed by atoms with Crippen molar-refractivity contribution in [2.24, 2.45) is 4.99 Å². The van der Waals surface area contributed by atoms with Gasteiger partial charge in [-0.15, -0.1) is 0 Å². The van der Waals surface area contributed by atoms with Gasteiger partial charge in [-0.2, -0.15) is 0 Å². The molecule has 1 aliphatic heterocycles. The van der Waals surface area contributed by atoms with Crippen LogP contribution in [0.25, 0.3) is 0 Å². The van der Waals surface area contributed by atoms with Crippen LogP contribution in [0.3, 0.4) is 0 Å². The lowest BCUT2D eigenvalue weighted by Crippen LogP contribution is -2.27. The Balaban J connectivity index is 2.08. The zero-order valence-electron chi connectivity index (χ0n) is 15.7. The Morgan fingerprint density at radius 3 is 2.63 bits per heavy atom. The lowest BCUT2D eigenvalue weighted by atomic mass is 9.72. The molecule has 0 aliphatic carbocycles. The maximum absolute atomic E-state index is 11.6. The summed E-state index contributed by atoms with van der Waals surface area (Å²) < 4.78 is 15.4. The maximum Gasteiger partial charge on any atom is 0.305 e. The fourth-order valence-electron chi connectivity index (χ4n) is 3.60. The molecular weight excluding hydrogens is 346 g/mol. The molecule has 0 radical (unpaired) electrons. The average Bonchev–Trinajstić information content (AvgIpc) is 3.07. The number of fused-ring (bicyclic) bond motifs is 1. The van der Waals surface area contributed by atoms with Crippen LogP contribution >= 0.6 is 0 Å². The van der Waals surface area contributed by atoms with E-state index >= 15 is 0 Å². The van der Waals surface area contributed by atoms with Gasteiger partial charge < -0.3 is 19.3 Å². The lowest BCUT2D eigenvalue weighted by Gasteiger charge is -2.29. The molecule has 0 amide bonds. The summed E-state index contributed by atoms with van der Waals surface area (Å²) in [4.78, 5) is 16.2. The van der Waals surface area contributed by atoms with Crippen molar-refractivity contribution in [2.75, 3.05) is 21.3 Å². The molecule has 0 fully saturated rings. The minimum Gasteiger partial charge on any atom is -0.504 e. The van der Waals surface area contributed by atoms with Gasteiger partial charge in [0.2, 0.25) is 5.75 Å². The fraction of sp³-hybridized carbons (Fsp3) is 0.333. The van der Waals surface area contributed by atoms with Crippen LogP contribution in [0.2, 0.25) is 0 Å². The molecule has 6 nitrogen and oxygen atoms in total. The van der Waals surface area contributed by atoms with Gasteiger partial charge in [-0.25, -0.2) is 0 Å². The molecule has 6 heteroatoms. The first-order chi connectivity index (χ1) is 13.1. The number of phenols is 1. The third-order valence-corrected chi connectivity index (χ3v) is 4.96. The molecule has 1 aliphatic rings. The summed E-state index contributed by atoms with van der Waals surface area (Å²) in [5.74, 6) is 0.479. The second-order valence-electron chi connectivity index (χ2n) is 6.41. The van der Waals surface area contributed by atoms with Gasteiger partial charge in [-0.1, -0.05) is 18.2 Å². The second-order valence-corrected chi connectivity index (χ2v) is 6.41. The van der Waals surface area contributed by atoms with Gasteiger partial charge in [0.25, 0.3) is 0 Å². The Labute approximate surface area is 158 Å². The van der Waals surface area contributed by atoms with Crippen LogP contribution in [0, 0.1) is 0 Å². The molecule has 0 bridgehead atoms. The number of carbonyl (C=O) groups is 1. The monoisotopic (exact) mass is 369 g/mol. The van der Waals surface area contributed by atoms with Crippen LogP contribution in [-0.4, -0.2) is 38.6 Å². The highest BCUT2D eigenvalue weighted by atomic mass is 16.5. The first kappa shape index (κ1) is 18.8.